The molecule has 10 aromatic carbocycles. The third-order valence-corrected chi connectivity index (χ3v) is 11.1. The number of benzene rings is 10. The van der Waals surface area contributed by atoms with Crippen LogP contribution in [0, 0.1) is 0 Å². The Hall–Kier alpha value is -8.14. The summed E-state index contributed by atoms with van der Waals surface area (Å²) in [5.74, 6) is 0. The van der Waals surface area contributed by atoms with Crippen molar-refractivity contribution < 1.29 is 26.3 Å². The number of hydrogen-bond donors (Lipinski definition) is 0. The molecule has 2 heterocycles. The fraction of sp³-hybridized carbons (Fsp3) is 0. The third kappa shape index (κ3) is 5.82. The predicted molar refractivity (Wildman–Crippen MR) is 257 cm³/mol. The topological polar surface area (TPSA) is 21.3 Å². The summed E-state index contributed by atoms with van der Waals surface area (Å²) in [5.41, 5.74) is 5.01. The van der Waals surface area contributed by atoms with Crippen molar-refractivity contribution in [3.63, 3.8) is 0 Å². The molecule has 0 atom stereocenters. The van der Waals surface area contributed by atoms with Gasteiger partial charge in [-0.25, -0.2) is 0 Å². The van der Waals surface area contributed by atoms with E-state index in [9.17, 15) is 9.60 Å². The number of para-hydroxylation sites is 2. The van der Waals surface area contributed by atoms with Crippen molar-refractivity contribution in [1.29, 1.82) is 0 Å². The highest BCUT2D eigenvalue weighted by atomic mass is 16.3. The maximum atomic E-state index is 10.3. The number of fused-ring (bicyclic) bond motifs is 8. The molecule has 0 fully saturated rings. The van der Waals surface area contributed by atoms with Gasteiger partial charge in [0.05, 0.1) is 38.7 Å². The Morgan fingerprint density at radius 1 is 0.393 bits per heavy atom. The number of hydrogen-bond acceptors (Lipinski definition) is 2. The van der Waals surface area contributed by atoms with Crippen LogP contribution in [0.4, 0.5) is 17.1 Å². The normalized spacial score (nSPS) is 15.3. The van der Waals surface area contributed by atoms with Crippen LogP contribution in [0.5, 0.6) is 0 Å². The van der Waals surface area contributed by atoms with Crippen molar-refractivity contribution in [3.8, 4) is 39.1 Å². The zero-order valence-corrected chi connectivity index (χ0v) is 32.0. The summed E-state index contributed by atoms with van der Waals surface area (Å²) in [6, 6.07) is 32.8. The van der Waals surface area contributed by atoms with Crippen molar-refractivity contribution >= 4 is 71.6 Å². The molecule has 0 saturated heterocycles. The van der Waals surface area contributed by atoms with E-state index in [1.165, 1.54) is 0 Å². The zero-order valence-electron chi connectivity index (χ0n) is 48.0. The summed E-state index contributed by atoms with van der Waals surface area (Å²) in [4.78, 5) is 2.06. The van der Waals surface area contributed by atoms with Gasteiger partial charge in [-0.3, -0.25) is 0 Å². The van der Waals surface area contributed by atoms with E-state index in [4.69, 9.17) is 16.8 Å². The summed E-state index contributed by atoms with van der Waals surface area (Å²) < 4.78 is 153. The fourth-order valence-corrected chi connectivity index (χ4v) is 8.23. The third-order valence-electron chi connectivity index (χ3n) is 11.1. The minimum absolute atomic E-state index is 0.0305. The lowest BCUT2D eigenvalue weighted by Crippen LogP contribution is -2.09. The molecule has 12 aromatic rings. The first-order valence-corrected chi connectivity index (χ1v) is 19.5. The molecule has 0 aliphatic carbocycles. The fourth-order valence-electron chi connectivity index (χ4n) is 8.23. The maximum Gasteiger partial charge on any atom is 0.143 e. The molecule has 0 saturated carbocycles. The van der Waals surface area contributed by atoms with Crippen LogP contribution in [0.25, 0.3) is 93.6 Å². The molecule has 0 bridgehead atoms. The van der Waals surface area contributed by atoms with Crippen LogP contribution in [0.15, 0.2) is 235 Å². The molecule has 3 nitrogen and oxygen atoms in total. The van der Waals surface area contributed by atoms with Gasteiger partial charge >= 0.3 is 0 Å². The smallest absolute Gasteiger partial charge is 0.143 e. The highest BCUT2D eigenvalue weighted by Crippen LogP contribution is 2.44. The largest absolute Gasteiger partial charge is 0.455 e. The van der Waals surface area contributed by atoms with Gasteiger partial charge in [0.15, 0.2) is 0 Å². The van der Waals surface area contributed by atoms with Crippen LogP contribution in [0.1, 0.15) is 21.9 Å². The molecule has 0 amide bonds. The average molecular weight is 795 g/mol. The quantitative estimate of drug-likeness (QED) is 0.160. The van der Waals surface area contributed by atoms with Crippen molar-refractivity contribution in [2.45, 2.75) is 0 Å². The van der Waals surface area contributed by atoms with Crippen LogP contribution in [-0.2, 0) is 0 Å². The van der Waals surface area contributed by atoms with Gasteiger partial charge in [0, 0.05) is 49.4 Å². The first-order chi connectivity index (χ1) is 36.9. The molecule has 0 aliphatic heterocycles. The summed E-state index contributed by atoms with van der Waals surface area (Å²) in [6.07, 6.45) is 0. The van der Waals surface area contributed by atoms with Gasteiger partial charge in [0.2, 0.25) is 0 Å². The van der Waals surface area contributed by atoms with Gasteiger partial charge in [0.1, 0.15) is 11.2 Å². The van der Waals surface area contributed by atoms with Gasteiger partial charge in [0.25, 0.3) is 0 Å². The lowest BCUT2D eigenvalue weighted by molar-refractivity contribution is 0.672. The van der Waals surface area contributed by atoms with E-state index in [0.717, 1.165) is 38.2 Å². The Labute approximate surface area is 376 Å². The van der Waals surface area contributed by atoms with Crippen molar-refractivity contribution in [2.24, 2.45) is 0 Å². The standard InChI is InChI=1S/C58H38N2O/c1-3-14-39(15-4-1)41-26-32-44(33-27-41)59(45-34-28-42(29-35-45)40-16-5-2-6-17-40)46-36-30-43(31-37-46)47-22-13-25-56-57(47)52-38-55(50-20-7-8-21-51(50)58(52)61-56)60-53-23-11-9-18-48(53)49-19-10-12-24-54(49)60/h1-38H/i7D,8D,9D,10D,11D,12D,13D,18D,19D,20D,21D,22D,23D,24D,25D,38D. The van der Waals surface area contributed by atoms with Crippen LogP contribution < -0.4 is 4.90 Å². The summed E-state index contributed by atoms with van der Waals surface area (Å²) in [6.45, 7) is 0. The molecular formula is C58H38N2O. The molecule has 0 unspecified atom stereocenters. The molecule has 2 aromatic heterocycles. The van der Waals surface area contributed by atoms with E-state index in [0.29, 0.717) is 11.3 Å². The van der Waals surface area contributed by atoms with Crippen LogP contribution in [-0.4, -0.2) is 4.57 Å². The number of aromatic nitrogens is 1. The minimum atomic E-state index is -0.750. The highest BCUT2D eigenvalue weighted by molar-refractivity contribution is 6.22. The number of rotatable bonds is 7. The monoisotopic (exact) mass is 794 g/mol. The van der Waals surface area contributed by atoms with Crippen LogP contribution >= 0.6 is 0 Å². The Bertz CT molecular complexity index is 4330. The van der Waals surface area contributed by atoms with Gasteiger partial charge < -0.3 is 13.9 Å². The predicted octanol–water partition coefficient (Wildman–Crippen LogP) is 16.3. The van der Waals surface area contributed by atoms with Gasteiger partial charge in [-0.05, 0) is 93.9 Å². The number of anilines is 3. The first-order valence-electron chi connectivity index (χ1n) is 27.5. The number of nitrogens with zero attached hydrogens (tertiary/aromatic N) is 2. The summed E-state index contributed by atoms with van der Waals surface area (Å²) in [7, 11) is 0. The Balaban J connectivity index is 1.15. The molecule has 0 radical (unpaired) electrons. The number of furan rings is 1. The van der Waals surface area contributed by atoms with Gasteiger partial charge in [-0.1, -0.05) is 170 Å². The second-order valence-electron chi connectivity index (χ2n) is 14.5. The molecule has 0 N–H and O–H groups in total. The van der Waals surface area contributed by atoms with E-state index in [-0.39, 0.29) is 43.7 Å². The average Bonchev–Trinajstić information content (AvgIpc) is 4.05. The SMILES string of the molecule is [2H]c1c([2H])c(-c2ccc(N(c3ccc(-c4ccccc4)cc3)c3ccc(-c4ccccc4)cc3)cc2)c2c(oc3c4c([2H])c([2H])c([2H])c([2H])c4c(-n4c5c([2H])c([2H])c([2H])c([2H])c5c5c([2H])c([2H])c([2H])c([2H])c54)c([2H])c32)c1[2H]. The molecule has 0 spiro atoms. The van der Waals surface area contributed by atoms with Crippen molar-refractivity contribution in [1.82, 2.24) is 4.57 Å². The second-order valence-corrected chi connectivity index (χ2v) is 14.5. The van der Waals surface area contributed by atoms with E-state index in [1.807, 2.05) is 121 Å². The Kier molecular flexibility index (Phi) is 5.23. The lowest BCUT2D eigenvalue weighted by Gasteiger charge is -2.26. The summed E-state index contributed by atoms with van der Waals surface area (Å²) >= 11 is 0. The molecule has 286 valence electrons. The molecular weight excluding hydrogens is 741 g/mol. The Morgan fingerprint density at radius 3 is 1.39 bits per heavy atom. The van der Waals surface area contributed by atoms with Crippen LogP contribution in [0.2, 0.25) is 0 Å². The van der Waals surface area contributed by atoms with Gasteiger partial charge in [-0.15, -0.1) is 0 Å². The molecule has 12 rings (SSSR count). The highest BCUT2D eigenvalue weighted by Gasteiger charge is 2.21. The van der Waals surface area contributed by atoms with E-state index in [2.05, 4.69) is 4.90 Å². The molecule has 0 aliphatic rings. The van der Waals surface area contributed by atoms with Crippen molar-refractivity contribution in [3.05, 3.63) is 230 Å². The van der Waals surface area contributed by atoms with E-state index < -0.39 is 119 Å². The van der Waals surface area contributed by atoms with E-state index >= 15 is 0 Å². The maximum absolute atomic E-state index is 10.3. The summed E-state index contributed by atoms with van der Waals surface area (Å²) in [5, 5.41) is -1.60. The molecule has 3 heteroatoms. The zero-order chi connectivity index (χ0) is 54.2. The first kappa shape index (κ1) is 22.3. The van der Waals surface area contributed by atoms with Crippen LogP contribution in [0.3, 0.4) is 0 Å². The Morgan fingerprint density at radius 2 is 0.852 bits per heavy atom. The van der Waals surface area contributed by atoms with Gasteiger partial charge in [-0.2, -0.15) is 0 Å². The van der Waals surface area contributed by atoms with Crippen molar-refractivity contribution in [2.75, 3.05) is 4.90 Å². The minimum Gasteiger partial charge on any atom is -0.455 e. The van der Waals surface area contributed by atoms with E-state index in [1.54, 1.807) is 12.1 Å². The second kappa shape index (κ2) is 14.3. The molecule has 61 heavy (non-hydrogen) atoms. The lowest BCUT2D eigenvalue weighted by atomic mass is 9.97.